The topological polar surface area (TPSA) is 159 Å². The van der Waals surface area contributed by atoms with E-state index in [1.807, 2.05) is 19.2 Å². The molecule has 0 amide bonds. The molecule has 0 unspecified atom stereocenters. The maximum absolute atomic E-state index is 11.9. The monoisotopic (exact) mass is 588 g/mol. The highest BCUT2D eigenvalue weighted by Crippen LogP contribution is 2.44. The van der Waals surface area contributed by atoms with Crippen molar-refractivity contribution >= 4 is 43.2 Å². The molecule has 6 rings (SSSR count). The molecule has 3 aliphatic carbocycles. The molecular weight excluding hydrogens is 552 g/mol. The number of rotatable bonds is 12. The second-order valence-electron chi connectivity index (χ2n) is 11.5. The molecular formula is C27H36N6O5S2. The number of ether oxygens (including phenoxy) is 1. The van der Waals surface area contributed by atoms with Gasteiger partial charge >= 0.3 is 0 Å². The van der Waals surface area contributed by atoms with Gasteiger partial charge in [0.1, 0.15) is 32.3 Å². The van der Waals surface area contributed by atoms with Crippen molar-refractivity contribution in [2.24, 2.45) is 11.8 Å². The van der Waals surface area contributed by atoms with Gasteiger partial charge in [-0.25, -0.2) is 18.4 Å². The smallest absolute Gasteiger partial charge is 0.224 e. The van der Waals surface area contributed by atoms with Crippen LogP contribution < -0.4 is 10.6 Å². The van der Waals surface area contributed by atoms with E-state index in [4.69, 9.17) is 19.7 Å². The fourth-order valence-corrected chi connectivity index (χ4v) is 7.60. The Balaban J connectivity index is 1.30. The lowest BCUT2D eigenvalue weighted by molar-refractivity contribution is 0.0216. The molecule has 3 fully saturated rings. The Labute approximate surface area is 237 Å². The molecule has 11 nitrogen and oxygen atoms in total. The maximum atomic E-state index is 11.9. The van der Waals surface area contributed by atoms with Gasteiger partial charge in [-0.05, 0) is 51.0 Å². The number of aryl methyl sites for hydroxylation is 1. The second kappa shape index (κ2) is 11.1. The van der Waals surface area contributed by atoms with E-state index in [1.165, 1.54) is 12.8 Å². The summed E-state index contributed by atoms with van der Waals surface area (Å²) in [6.45, 7) is 3.76. The van der Waals surface area contributed by atoms with E-state index in [9.17, 15) is 18.6 Å². The van der Waals surface area contributed by atoms with Crippen molar-refractivity contribution in [3.05, 3.63) is 23.7 Å². The first-order chi connectivity index (χ1) is 19.2. The highest BCUT2D eigenvalue weighted by Gasteiger charge is 2.43. The molecule has 216 valence electrons. The summed E-state index contributed by atoms with van der Waals surface area (Å²) in [4.78, 5) is 19.1. The molecule has 3 aromatic rings. The standard InChI is InChI=1S/C27H36N6O5S2/c1-14-20(26-32-22-19(39-26)7-8-28-21(22)16-5-6-16)25(33-27(30-14)29-9-10-38-12-15-3-4-15)31-18-11-17(13-40(2,36)37)23(34)24(18)35/h7-8,15-18,23-24,34-35H,3-6,9-13H2,1-2H3,(H2,29,30,31,33)/t17-,18-,23-,24+/m1/s1. The fraction of sp³-hybridized carbons (Fsp3) is 0.630. The van der Waals surface area contributed by atoms with Crippen molar-refractivity contribution in [3.63, 3.8) is 0 Å². The number of aliphatic hydroxyl groups excluding tert-OH is 2. The molecule has 0 aliphatic heterocycles. The summed E-state index contributed by atoms with van der Waals surface area (Å²) in [7, 11) is -3.32. The number of nitrogens with one attached hydrogen (secondary N) is 2. The van der Waals surface area contributed by atoms with Crippen LogP contribution in [0.5, 0.6) is 0 Å². The van der Waals surface area contributed by atoms with Gasteiger partial charge in [0.15, 0.2) is 0 Å². The first kappa shape index (κ1) is 27.7. The van der Waals surface area contributed by atoms with Crippen LogP contribution in [0.1, 0.15) is 49.4 Å². The van der Waals surface area contributed by atoms with Crippen LogP contribution in [0, 0.1) is 18.8 Å². The van der Waals surface area contributed by atoms with Crippen molar-refractivity contribution in [1.29, 1.82) is 0 Å². The molecule has 0 spiro atoms. The van der Waals surface area contributed by atoms with Crippen LogP contribution in [-0.2, 0) is 14.6 Å². The van der Waals surface area contributed by atoms with Crippen molar-refractivity contribution in [3.8, 4) is 10.6 Å². The Morgan fingerprint density at radius 1 is 1.12 bits per heavy atom. The highest BCUT2D eigenvalue weighted by atomic mass is 32.2. The van der Waals surface area contributed by atoms with Gasteiger partial charge in [-0.15, -0.1) is 11.3 Å². The van der Waals surface area contributed by atoms with Gasteiger partial charge in [0.2, 0.25) is 5.95 Å². The number of hydrogen-bond acceptors (Lipinski definition) is 12. The van der Waals surface area contributed by atoms with Crippen molar-refractivity contribution in [1.82, 2.24) is 19.9 Å². The second-order valence-corrected chi connectivity index (χ2v) is 14.7. The molecule has 0 aromatic carbocycles. The van der Waals surface area contributed by atoms with Crippen LogP contribution in [0.4, 0.5) is 11.8 Å². The Bertz CT molecular complexity index is 1490. The maximum Gasteiger partial charge on any atom is 0.224 e. The zero-order valence-electron chi connectivity index (χ0n) is 22.7. The Hall–Kier alpha value is -2.45. The molecule has 3 aliphatic rings. The highest BCUT2D eigenvalue weighted by molar-refractivity contribution is 7.90. The molecule has 0 saturated heterocycles. The van der Waals surface area contributed by atoms with Crippen LogP contribution in [-0.4, -0.2) is 88.6 Å². The zero-order chi connectivity index (χ0) is 28.0. The van der Waals surface area contributed by atoms with Gasteiger partial charge in [-0.1, -0.05) is 0 Å². The molecule has 0 bridgehead atoms. The molecule has 3 heterocycles. The van der Waals surface area contributed by atoms with E-state index in [-0.39, 0.29) is 12.2 Å². The Kier molecular flexibility index (Phi) is 7.68. The minimum absolute atomic E-state index is 0.193. The fourth-order valence-electron chi connectivity index (χ4n) is 5.42. The van der Waals surface area contributed by atoms with E-state index in [0.29, 0.717) is 48.0 Å². The average molecular weight is 589 g/mol. The van der Waals surface area contributed by atoms with Crippen LogP contribution >= 0.6 is 11.3 Å². The van der Waals surface area contributed by atoms with Crippen molar-refractivity contribution < 1.29 is 23.4 Å². The number of thiazole rings is 1. The lowest BCUT2D eigenvalue weighted by Crippen LogP contribution is -2.36. The summed E-state index contributed by atoms with van der Waals surface area (Å²) in [5.74, 6) is 1.26. The van der Waals surface area contributed by atoms with E-state index in [0.717, 1.165) is 46.6 Å². The van der Waals surface area contributed by atoms with E-state index >= 15 is 0 Å². The van der Waals surface area contributed by atoms with Crippen LogP contribution in [0.25, 0.3) is 20.8 Å². The summed E-state index contributed by atoms with van der Waals surface area (Å²) in [5.41, 5.74) is 3.34. The predicted molar refractivity (Wildman–Crippen MR) is 154 cm³/mol. The lowest BCUT2D eigenvalue weighted by atomic mass is 10.1. The molecule has 4 N–H and O–H groups in total. The number of anilines is 2. The van der Waals surface area contributed by atoms with Crippen molar-refractivity contribution in [2.75, 3.05) is 42.4 Å². The number of hydrogen-bond donors (Lipinski definition) is 4. The molecule has 3 saturated carbocycles. The quantitative estimate of drug-likeness (QED) is 0.230. The first-order valence-corrected chi connectivity index (χ1v) is 16.8. The summed E-state index contributed by atoms with van der Waals surface area (Å²) >= 11 is 1.54. The average Bonchev–Trinajstić information content (AvgIpc) is 3.82. The van der Waals surface area contributed by atoms with Gasteiger partial charge in [-0.2, -0.15) is 4.98 Å². The van der Waals surface area contributed by atoms with E-state index in [2.05, 4.69) is 15.6 Å². The number of pyridine rings is 1. The van der Waals surface area contributed by atoms with E-state index in [1.54, 1.807) is 11.3 Å². The predicted octanol–water partition coefficient (Wildman–Crippen LogP) is 2.74. The number of nitrogens with zero attached hydrogens (tertiary/aromatic N) is 4. The lowest BCUT2D eigenvalue weighted by Gasteiger charge is -2.21. The van der Waals surface area contributed by atoms with Crippen LogP contribution in [0.15, 0.2) is 12.3 Å². The summed E-state index contributed by atoms with van der Waals surface area (Å²) in [5, 5.41) is 28.8. The minimum Gasteiger partial charge on any atom is -0.390 e. The van der Waals surface area contributed by atoms with Gasteiger partial charge in [0, 0.05) is 37.4 Å². The number of aliphatic hydroxyl groups is 2. The van der Waals surface area contributed by atoms with Gasteiger partial charge in [-0.3, -0.25) is 4.98 Å². The molecule has 40 heavy (non-hydrogen) atoms. The molecule has 3 aromatic heterocycles. The van der Waals surface area contributed by atoms with Crippen LogP contribution in [0.2, 0.25) is 0 Å². The summed E-state index contributed by atoms with van der Waals surface area (Å²) < 4.78 is 30.6. The first-order valence-electron chi connectivity index (χ1n) is 13.9. The molecule has 4 atom stereocenters. The van der Waals surface area contributed by atoms with E-state index < -0.39 is 34.0 Å². The van der Waals surface area contributed by atoms with Gasteiger partial charge in [0.25, 0.3) is 0 Å². The summed E-state index contributed by atoms with van der Waals surface area (Å²) in [6.07, 6.45) is 5.67. The SMILES string of the molecule is Cc1nc(NCCOCC2CC2)nc(N[C@@H]2C[C@H](CS(C)(=O)=O)[C@@H](O)[C@H]2O)c1-c1nc2c(C3CC3)nccc2s1. The third-order valence-corrected chi connectivity index (χ3v) is 9.90. The van der Waals surface area contributed by atoms with Gasteiger partial charge in [0.05, 0.1) is 46.2 Å². The zero-order valence-corrected chi connectivity index (χ0v) is 24.3. The molecule has 13 heteroatoms. The third-order valence-electron chi connectivity index (χ3n) is 7.82. The largest absolute Gasteiger partial charge is 0.390 e. The normalized spacial score (nSPS) is 25.0. The Morgan fingerprint density at radius 3 is 2.65 bits per heavy atom. The third kappa shape index (κ3) is 6.23. The minimum atomic E-state index is -3.32. The summed E-state index contributed by atoms with van der Waals surface area (Å²) in [6, 6.07) is 1.37. The molecule has 0 radical (unpaired) electrons. The number of sulfone groups is 1. The number of aromatic nitrogens is 4. The van der Waals surface area contributed by atoms with Gasteiger partial charge < -0.3 is 25.6 Å². The Morgan fingerprint density at radius 2 is 1.93 bits per heavy atom. The van der Waals surface area contributed by atoms with Crippen molar-refractivity contribution in [2.45, 2.75) is 63.2 Å². The number of fused-ring (bicyclic) bond motifs is 1. The van der Waals surface area contributed by atoms with Crippen LogP contribution in [0.3, 0.4) is 0 Å².